The van der Waals surface area contributed by atoms with E-state index in [1.165, 1.54) is 32.1 Å². The SMILES string of the molecule is CCN(C(=O)[C@H]1CC[C@@H]2[C@@H](CC23OCCO3)[C@H]1C#C[C@H](O[Si](C)(C)C(C)(C)C)C1CCCCC1)c1cccc2ccccc12. The van der Waals surface area contributed by atoms with Gasteiger partial charge in [-0.25, -0.2) is 0 Å². The van der Waals surface area contributed by atoms with E-state index in [4.69, 9.17) is 13.9 Å². The molecule has 44 heavy (non-hydrogen) atoms. The molecule has 3 aliphatic carbocycles. The van der Waals surface area contributed by atoms with Crippen LogP contribution >= 0.6 is 0 Å². The molecule has 0 N–H and O–H groups in total. The molecule has 1 heterocycles. The van der Waals surface area contributed by atoms with Crippen LogP contribution in [0, 0.1) is 41.4 Å². The molecule has 1 spiro atoms. The minimum absolute atomic E-state index is 0.0298. The Hall–Kier alpha value is -2.17. The Labute approximate surface area is 266 Å². The van der Waals surface area contributed by atoms with Crippen LogP contribution in [0.1, 0.15) is 79.1 Å². The molecule has 2 aromatic rings. The normalized spacial score (nSPS) is 27.7. The zero-order valence-electron chi connectivity index (χ0n) is 27.9. The van der Waals surface area contributed by atoms with Crippen LogP contribution in [0.15, 0.2) is 42.5 Å². The van der Waals surface area contributed by atoms with Gasteiger partial charge >= 0.3 is 0 Å². The molecule has 1 aliphatic heterocycles. The number of nitrogens with zero attached hydrogens (tertiary/aromatic N) is 1. The Morgan fingerprint density at radius 3 is 2.43 bits per heavy atom. The van der Waals surface area contributed by atoms with Crippen LogP contribution < -0.4 is 4.90 Å². The topological polar surface area (TPSA) is 48.0 Å². The summed E-state index contributed by atoms with van der Waals surface area (Å²) in [7, 11) is -2.03. The quantitative estimate of drug-likeness (QED) is 0.241. The minimum atomic E-state index is -2.03. The van der Waals surface area contributed by atoms with Gasteiger partial charge in [-0.05, 0) is 74.0 Å². The van der Waals surface area contributed by atoms with Crippen molar-refractivity contribution in [2.75, 3.05) is 24.7 Å². The van der Waals surface area contributed by atoms with E-state index in [-0.39, 0.29) is 28.9 Å². The largest absolute Gasteiger partial charge is 0.403 e. The predicted octanol–water partition coefficient (Wildman–Crippen LogP) is 8.57. The Bertz CT molecular complexity index is 1390. The van der Waals surface area contributed by atoms with Crippen molar-refractivity contribution in [3.63, 3.8) is 0 Å². The third-order valence-electron chi connectivity index (χ3n) is 11.7. The Morgan fingerprint density at radius 1 is 1.02 bits per heavy atom. The van der Waals surface area contributed by atoms with E-state index in [2.05, 4.69) is 95.1 Å². The summed E-state index contributed by atoms with van der Waals surface area (Å²) < 4.78 is 19.5. The van der Waals surface area contributed by atoms with Crippen LogP contribution in [0.25, 0.3) is 10.8 Å². The number of rotatable bonds is 6. The van der Waals surface area contributed by atoms with Gasteiger partial charge in [-0.3, -0.25) is 4.79 Å². The second kappa shape index (κ2) is 12.6. The van der Waals surface area contributed by atoms with Gasteiger partial charge < -0.3 is 18.8 Å². The zero-order valence-corrected chi connectivity index (χ0v) is 28.9. The van der Waals surface area contributed by atoms with Crippen molar-refractivity contribution < 1.29 is 18.7 Å². The van der Waals surface area contributed by atoms with Crippen molar-refractivity contribution in [3.05, 3.63) is 42.5 Å². The summed E-state index contributed by atoms with van der Waals surface area (Å²) in [6.45, 7) is 15.7. The molecule has 6 heteroatoms. The summed E-state index contributed by atoms with van der Waals surface area (Å²) in [5.41, 5.74) is 0.998. The van der Waals surface area contributed by atoms with Crippen LogP contribution in [0.5, 0.6) is 0 Å². The summed E-state index contributed by atoms with van der Waals surface area (Å²) in [6.07, 6.45) is 8.71. The smallest absolute Gasteiger partial charge is 0.231 e. The van der Waals surface area contributed by atoms with Gasteiger partial charge in [0.2, 0.25) is 5.91 Å². The van der Waals surface area contributed by atoms with Gasteiger partial charge in [0.05, 0.1) is 24.8 Å². The lowest BCUT2D eigenvalue weighted by atomic mass is 9.53. The molecule has 5 nitrogen and oxygen atoms in total. The molecule has 0 unspecified atom stereocenters. The second-order valence-electron chi connectivity index (χ2n) is 15.3. The van der Waals surface area contributed by atoms with E-state index in [1.54, 1.807) is 0 Å². The van der Waals surface area contributed by atoms with Gasteiger partial charge in [0.25, 0.3) is 0 Å². The third-order valence-corrected chi connectivity index (χ3v) is 16.2. The first-order valence-electron chi connectivity index (χ1n) is 17.3. The van der Waals surface area contributed by atoms with Crippen LogP contribution in [0.3, 0.4) is 0 Å². The van der Waals surface area contributed by atoms with Gasteiger partial charge in [0, 0.05) is 30.2 Å². The van der Waals surface area contributed by atoms with E-state index in [0.29, 0.717) is 37.5 Å². The number of ether oxygens (including phenoxy) is 2. The highest BCUT2D eigenvalue weighted by Crippen LogP contribution is 2.59. The fourth-order valence-corrected chi connectivity index (χ4v) is 9.40. The molecular formula is C38H53NO4Si. The molecule has 5 atom stereocenters. The standard InChI is InChI=1S/C38H53NO4Si/c1-7-39(34-19-13-17-27-14-11-12-18-29(27)34)36(40)31-20-22-33-32(26-38(33)41-24-25-42-38)30(31)21-23-35(28-15-9-8-10-16-28)43-44(5,6)37(2,3)4/h11-14,17-19,28,30-33,35H,7-10,15-16,20,22,24-26H2,1-6H3/t30-,31-,32-,33+,35-/m0/s1. The van der Waals surface area contributed by atoms with Crippen LogP contribution in [-0.4, -0.2) is 45.9 Å². The van der Waals surface area contributed by atoms with Crippen molar-refractivity contribution in [1.82, 2.24) is 0 Å². The first-order valence-corrected chi connectivity index (χ1v) is 20.2. The summed E-state index contributed by atoms with van der Waals surface area (Å²) >= 11 is 0. The molecule has 238 valence electrons. The molecule has 1 amide bonds. The van der Waals surface area contributed by atoms with Crippen molar-refractivity contribution in [1.29, 1.82) is 0 Å². The first kappa shape index (κ1) is 31.8. The van der Waals surface area contributed by atoms with Crippen molar-refractivity contribution >= 4 is 30.7 Å². The maximum Gasteiger partial charge on any atom is 0.231 e. The number of anilines is 1. The molecule has 2 aromatic carbocycles. The second-order valence-corrected chi connectivity index (χ2v) is 20.0. The lowest BCUT2D eigenvalue weighted by Crippen LogP contribution is -2.61. The summed E-state index contributed by atoms with van der Waals surface area (Å²) in [4.78, 5) is 16.7. The fraction of sp³-hybridized carbons (Fsp3) is 0.658. The van der Waals surface area contributed by atoms with Gasteiger partial charge in [0.1, 0.15) is 6.10 Å². The molecule has 4 aliphatic rings. The molecule has 0 radical (unpaired) electrons. The number of benzene rings is 2. The summed E-state index contributed by atoms with van der Waals surface area (Å²) in [5, 5.41) is 2.40. The molecule has 3 saturated carbocycles. The molecule has 1 saturated heterocycles. The number of carbonyl (C=O) groups is 1. The molecule has 6 rings (SSSR count). The lowest BCUT2D eigenvalue weighted by molar-refractivity contribution is -0.293. The maximum atomic E-state index is 14.7. The molecule has 4 fully saturated rings. The van der Waals surface area contributed by atoms with E-state index < -0.39 is 14.1 Å². The van der Waals surface area contributed by atoms with Gasteiger partial charge in [0.15, 0.2) is 14.1 Å². The van der Waals surface area contributed by atoms with Crippen LogP contribution in [0.2, 0.25) is 18.1 Å². The highest BCUT2D eigenvalue weighted by Gasteiger charge is 2.63. The Kier molecular flexibility index (Phi) is 9.07. The number of hydrogen-bond donors (Lipinski definition) is 0. The summed E-state index contributed by atoms with van der Waals surface area (Å²) in [5.74, 6) is 8.22. The van der Waals surface area contributed by atoms with E-state index in [9.17, 15) is 4.79 Å². The Balaban J connectivity index is 1.34. The van der Waals surface area contributed by atoms with Crippen molar-refractivity contribution in [2.24, 2.45) is 29.6 Å². The molecule has 0 aromatic heterocycles. The van der Waals surface area contributed by atoms with Gasteiger partial charge in [-0.2, -0.15) is 0 Å². The average Bonchev–Trinajstić information content (AvgIpc) is 3.51. The average molecular weight is 616 g/mol. The molecule has 0 bridgehead atoms. The highest BCUT2D eigenvalue weighted by molar-refractivity contribution is 6.74. The fourth-order valence-electron chi connectivity index (χ4n) is 8.17. The summed E-state index contributed by atoms with van der Waals surface area (Å²) in [6, 6.07) is 14.7. The number of fused-ring (bicyclic) bond motifs is 3. The van der Waals surface area contributed by atoms with Gasteiger partial charge in [-0.15, -0.1) is 0 Å². The predicted molar refractivity (Wildman–Crippen MR) is 181 cm³/mol. The maximum absolute atomic E-state index is 14.7. The van der Waals surface area contributed by atoms with Crippen LogP contribution in [0.4, 0.5) is 5.69 Å². The lowest BCUT2D eigenvalue weighted by Gasteiger charge is -2.57. The van der Waals surface area contributed by atoms with Crippen LogP contribution in [-0.2, 0) is 18.7 Å². The van der Waals surface area contributed by atoms with E-state index in [0.717, 1.165) is 35.7 Å². The third kappa shape index (κ3) is 5.91. The minimum Gasteiger partial charge on any atom is -0.403 e. The van der Waals surface area contributed by atoms with Crippen molar-refractivity contribution in [3.8, 4) is 11.8 Å². The van der Waals surface area contributed by atoms with E-state index in [1.807, 2.05) is 4.90 Å². The zero-order chi connectivity index (χ0) is 31.1. The highest BCUT2D eigenvalue weighted by atomic mass is 28.4. The Morgan fingerprint density at radius 2 is 1.73 bits per heavy atom. The van der Waals surface area contributed by atoms with Gasteiger partial charge in [-0.1, -0.05) is 88.3 Å². The van der Waals surface area contributed by atoms with Crippen molar-refractivity contribution in [2.45, 2.75) is 109 Å². The number of amides is 1. The van der Waals surface area contributed by atoms with E-state index >= 15 is 0 Å². The number of carbonyl (C=O) groups excluding carboxylic acids is 1. The monoisotopic (exact) mass is 615 g/mol. The first-order chi connectivity index (χ1) is 21.0. The number of hydrogen-bond acceptors (Lipinski definition) is 4. The molecular weight excluding hydrogens is 563 g/mol.